The number of aromatic nitrogens is 5. The molecule has 3 heterocycles. The molecule has 0 spiro atoms. The number of carbonyl (C=O) groups excluding carboxylic acids is 1. The lowest BCUT2D eigenvalue weighted by Gasteiger charge is -2.32. The van der Waals surface area contributed by atoms with Crippen LogP contribution in [0.5, 0.6) is 0 Å². The minimum absolute atomic E-state index is 0.0868. The summed E-state index contributed by atoms with van der Waals surface area (Å²) in [6, 6.07) is 4.51. The predicted molar refractivity (Wildman–Crippen MR) is 104 cm³/mol. The lowest BCUT2D eigenvalue weighted by Crippen LogP contribution is -2.39. The predicted octanol–water partition coefficient (Wildman–Crippen LogP) is 3.58. The lowest BCUT2D eigenvalue weighted by atomic mass is 10.0. The van der Waals surface area contributed by atoms with E-state index in [9.17, 15) is 9.18 Å². The molecule has 0 atom stereocenters. The average Bonchev–Trinajstić information content (AvgIpc) is 3.26. The van der Waals surface area contributed by atoms with Gasteiger partial charge in [0.1, 0.15) is 5.82 Å². The van der Waals surface area contributed by atoms with Crippen LogP contribution in [0.1, 0.15) is 53.8 Å². The van der Waals surface area contributed by atoms with E-state index in [1.54, 1.807) is 21.8 Å². The van der Waals surface area contributed by atoms with Gasteiger partial charge in [-0.3, -0.25) is 4.79 Å². The molecule has 2 aromatic heterocycles. The van der Waals surface area contributed by atoms with E-state index in [-0.39, 0.29) is 17.5 Å². The van der Waals surface area contributed by atoms with Gasteiger partial charge in [-0.05, 0) is 43.9 Å². The molecule has 2 aliphatic rings. The maximum Gasteiger partial charge on any atom is 0.280 e. The molecule has 0 unspecified atom stereocenters. The maximum absolute atomic E-state index is 14.0. The summed E-state index contributed by atoms with van der Waals surface area (Å²) >= 11 is 3.29. The summed E-state index contributed by atoms with van der Waals surface area (Å²) in [6.45, 7) is 1.05. The Kier molecular flexibility index (Phi) is 4.65. The SMILES string of the molecule is O=C(c1cc(Br)ccc1F)N1CCC(n2cc(-c3nc(C4CC4)no3)nn2)CC1. The molecule has 2 fully saturated rings. The maximum atomic E-state index is 14.0. The zero-order valence-corrected chi connectivity index (χ0v) is 17.0. The Morgan fingerprint density at radius 2 is 2.00 bits per heavy atom. The fourth-order valence-corrected chi connectivity index (χ4v) is 3.93. The van der Waals surface area contributed by atoms with E-state index >= 15 is 0 Å². The number of halogens is 2. The highest BCUT2D eigenvalue weighted by molar-refractivity contribution is 9.10. The molecular formula is C19H18BrFN6O2. The number of rotatable bonds is 4. The highest BCUT2D eigenvalue weighted by Crippen LogP contribution is 2.38. The number of benzene rings is 1. The van der Waals surface area contributed by atoms with Crippen molar-refractivity contribution in [1.29, 1.82) is 0 Å². The Labute approximate surface area is 174 Å². The topological polar surface area (TPSA) is 89.9 Å². The summed E-state index contributed by atoms with van der Waals surface area (Å²) in [4.78, 5) is 18.7. The molecule has 1 amide bonds. The van der Waals surface area contributed by atoms with Crippen molar-refractivity contribution in [2.45, 2.75) is 37.6 Å². The minimum Gasteiger partial charge on any atom is -0.338 e. The molecule has 0 N–H and O–H groups in total. The van der Waals surface area contributed by atoms with Gasteiger partial charge >= 0.3 is 0 Å². The first-order chi connectivity index (χ1) is 14.1. The van der Waals surface area contributed by atoms with Crippen molar-refractivity contribution in [3.8, 4) is 11.6 Å². The zero-order chi connectivity index (χ0) is 20.0. The zero-order valence-electron chi connectivity index (χ0n) is 15.5. The van der Waals surface area contributed by atoms with E-state index in [1.165, 1.54) is 12.1 Å². The second-order valence-corrected chi connectivity index (χ2v) is 8.38. The molecule has 29 heavy (non-hydrogen) atoms. The van der Waals surface area contributed by atoms with Gasteiger partial charge < -0.3 is 9.42 Å². The molecule has 5 rings (SSSR count). The van der Waals surface area contributed by atoms with Gasteiger partial charge in [0, 0.05) is 23.5 Å². The number of hydrogen-bond acceptors (Lipinski definition) is 6. The summed E-state index contributed by atoms with van der Waals surface area (Å²) < 4.78 is 21.8. The van der Waals surface area contributed by atoms with Crippen molar-refractivity contribution in [2.24, 2.45) is 0 Å². The Bertz CT molecular complexity index is 1050. The molecule has 8 nitrogen and oxygen atoms in total. The molecule has 150 valence electrons. The molecule has 0 radical (unpaired) electrons. The monoisotopic (exact) mass is 460 g/mol. The number of amides is 1. The van der Waals surface area contributed by atoms with E-state index in [0.29, 0.717) is 47.9 Å². The molecule has 1 aliphatic carbocycles. The van der Waals surface area contributed by atoms with Gasteiger partial charge in [0.25, 0.3) is 11.8 Å². The van der Waals surface area contributed by atoms with Crippen LogP contribution >= 0.6 is 15.9 Å². The Hall–Kier alpha value is -2.62. The van der Waals surface area contributed by atoms with Gasteiger partial charge in [-0.15, -0.1) is 5.10 Å². The van der Waals surface area contributed by atoms with Crippen molar-refractivity contribution in [2.75, 3.05) is 13.1 Å². The highest BCUT2D eigenvalue weighted by Gasteiger charge is 2.30. The summed E-state index contributed by atoms with van der Waals surface area (Å²) in [5.74, 6) is 0.739. The van der Waals surface area contributed by atoms with Crippen molar-refractivity contribution in [3.05, 3.63) is 46.1 Å². The van der Waals surface area contributed by atoms with Crippen LogP contribution in [0.25, 0.3) is 11.6 Å². The third-order valence-electron chi connectivity index (χ3n) is 5.40. The first-order valence-corrected chi connectivity index (χ1v) is 10.4. The highest BCUT2D eigenvalue weighted by atomic mass is 79.9. The van der Waals surface area contributed by atoms with E-state index in [2.05, 4.69) is 36.4 Å². The van der Waals surface area contributed by atoms with Crippen LogP contribution in [0.15, 0.2) is 33.4 Å². The quantitative estimate of drug-likeness (QED) is 0.590. The van der Waals surface area contributed by atoms with Gasteiger partial charge in [-0.2, -0.15) is 4.98 Å². The molecule has 1 saturated carbocycles. The van der Waals surface area contributed by atoms with E-state index in [4.69, 9.17) is 4.52 Å². The molecule has 1 aromatic carbocycles. The lowest BCUT2D eigenvalue weighted by molar-refractivity contribution is 0.0684. The molecule has 1 aliphatic heterocycles. The van der Waals surface area contributed by atoms with Gasteiger partial charge in [-0.1, -0.05) is 26.3 Å². The first-order valence-electron chi connectivity index (χ1n) is 9.58. The average molecular weight is 461 g/mol. The number of piperidine rings is 1. The molecule has 10 heteroatoms. The van der Waals surface area contributed by atoms with Gasteiger partial charge in [0.15, 0.2) is 11.5 Å². The molecule has 3 aromatic rings. The van der Waals surface area contributed by atoms with Crippen LogP contribution < -0.4 is 0 Å². The van der Waals surface area contributed by atoms with Gasteiger partial charge in [-0.25, -0.2) is 9.07 Å². The fourth-order valence-electron chi connectivity index (χ4n) is 3.56. The second-order valence-electron chi connectivity index (χ2n) is 7.46. The first kappa shape index (κ1) is 18.4. The van der Waals surface area contributed by atoms with E-state index in [0.717, 1.165) is 18.7 Å². The fraction of sp³-hybridized carbons (Fsp3) is 0.421. The van der Waals surface area contributed by atoms with E-state index in [1.807, 2.05) is 0 Å². The smallest absolute Gasteiger partial charge is 0.280 e. The van der Waals surface area contributed by atoms with Crippen LogP contribution in [0.2, 0.25) is 0 Å². The molecule has 0 bridgehead atoms. The number of hydrogen-bond donors (Lipinski definition) is 0. The number of carbonyl (C=O) groups is 1. The Morgan fingerprint density at radius 1 is 1.21 bits per heavy atom. The summed E-state index contributed by atoms with van der Waals surface area (Å²) in [7, 11) is 0. The van der Waals surface area contributed by atoms with Crippen molar-refractivity contribution in [3.63, 3.8) is 0 Å². The third kappa shape index (κ3) is 3.68. The van der Waals surface area contributed by atoms with Gasteiger partial charge in [0.2, 0.25) is 0 Å². The Balaban J connectivity index is 1.24. The van der Waals surface area contributed by atoms with Crippen molar-refractivity contribution >= 4 is 21.8 Å². The number of likely N-dealkylation sites (tertiary alicyclic amines) is 1. The summed E-state index contributed by atoms with van der Waals surface area (Å²) in [5.41, 5.74) is 0.642. The van der Waals surface area contributed by atoms with Crippen LogP contribution in [0.4, 0.5) is 4.39 Å². The normalized spacial score (nSPS) is 17.7. The molecular weight excluding hydrogens is 443 g/mol. The largest absolute Gasteiger partial charge is 0.338 e. The Morgan fingerprint density at radius 3 is 2.76 bits per heavy atom. The van der Waals surface area contributed by atoms with E-state index < -0.39 is 5.82 Å². The molecule has 1 saturated heterocycles. The summed E-state index contributed by atoms with van der Waals surface area (Å²) in [6.07, 6.45) is 5.43. The van der Waals surface area contributed by atoms with Gasteiger partial charge in [0.05, 0.1) is 17.8 Å². The third-order valence-corrected chi connectivity index (χ3v) is 5.89. The standard InChI is InChI=1S/C19H18BrFN6O2/c20-12-3-4-15(21)14(9-12)19(28)26-7-5-13(6-8-26)27-10-16(23-25-27)18-22-17(24-29-18)11-1-2-11/h3-4,9-11,13H,1-2,5-8H2. The van der Waals surface area contributed by atoms with Crippen LogP contribution in [0.3, 0.4) is 0 Å². The summed E-state index contributed by atoms with van der Waals surface area (Å²) in [5, 5.41) is 12.4. The van der Waals surface area contributed by atoms with Crippen molar-refractivity contribution < 1.29 is 13.7 Å². The van der Waals surface area contributed by atoms with Crippen LogP contribution in [0, 0.1) is 5.82 Å². The second kappa shape index (κ2) is 7.33. The minimum atomic E-state index is -0.508. The van der Waals surface area contributed by atoms with Crippen LogP contribution in [-0.4, -0.2) is 49.0 Å². The number of nitrogens with zero attached hydrogens (tertiary/aromatic N) is 6. The van der Waals surface area contributed by atoms with Crippen LogP contribution in [-0.2, 0) is 0 Å². The van der Waals surface area contributed by atoms with Crippen molar-refractivity contribution in [1.82, 2.24) is 30.0 Å².